The van der Waals surface area contributed by atoms with E-state index in [1.165, 1.54) is 11.1 Å². The SMILES string of the molecule is Fc1ccc(CCN2CCC(Nc3nc4ccccc4n3Cc3ccccc3)CC2)cc1. The van der Waals surface area contributed by atoms with Crippen molar-refractivity contribution in [3.8, 4) is 0 Å². The summed E-state index contributed by atoms with van der Waals surface area (Å²) < 4.78 is 15.4. The normalized spacial score (nSPS) is 15.3. The summed E-state index contributed by atoms with van der Waals surface area (Å²) in [6.45, 7) is 3.96. The minimum atomic E-state index is -0.168. The average Bonchev–Trinajstić information content (AvgIpc) is 3.17. The molecule has 1 aromatic heterocycles. The van der Waals surface area contributed by atoms with Gasteiger partial charge in [0.15, 0.2) is 0 Å². The van der Waals surface area contributed by atoms with Gasteiger partial charge in [-0.05, 0) is 54.7 Å². The second kappa shape index (κ2) is 9.53. The lowest BCUT2D eigenvalue weighted by Crippen LogP contribution is -2.40. The van der Waals surface area contributed by atoms with Gasteiger partial charge >= 0.3 is 0 Å². The van der Waals surface area contributed by atoms with Crippen molar-refractivity contribution in [3.63, 3.8) is 0 Å². The Morgan fingerprint density at radius 3 is 2.34 bits per heavy atom. The minimum absolute atomic E-state index is 0.168. The summed E-state index contributed by atoms with van der Waals surface area (Å²) in [5, 5.41) is 3.74. The highest BCUT2D eigenvalue weighted by Crippen LogP contribution is 2.24. The fourth-order valence-electron chi connectivity index (χ4n) is 4.53. The van der Waals surface area contributed by atoms with Crippen LogP contribution in [0.1, 0.15) is 24.0 Å². The summed E-state index contributed by atoms with van der Waals surface area (Å²) in [5.74, 6) is 0.790. The molecule has 0 aliphatic carbocycles. The first-order valence-corrected chi connectivity index (χ1v) is 11.5. The minimum Gasteiger partial charge on any atom is -0.353 e. The fourth-order valence-corrected chi connectivity index (χ4v) is 4.53. The number of anilines is 1. The molecule has 0 amide bonds. The van der Waals surface area contributed by atoms with Crippen LogP contribution in [-0.2, 0) is 13.0 Å². The topological polar surface area (TPSA) is 33.1 Å². The van der Waals surface area contributed by atoms with Gasteiger partial charge in [-0.25, -0.2) is 9.37 Å². The van der Waals surface area contributed by atoms with E-state index in [0.29, 0.717) is 6.04 Å². The molecule has 2 heterocycles. The van der Waals surface area contributed by atoms with Gasteiger partial charge in [0.2, 0.25) is 5.95 Å². The van der Waals surface area contributed by atoms with Crippen LogP contribution in [0.15, 0.2) is 78.9 Å². The number of likely N-dealkylation sites (tertiary alicyclic amines) is 1. The van der Waals surface area contributed by atoms with E-state index >= 15 is 0 Å². The molecule has 0 radical (unpaired) electrons. The largest absolute Gasteiger partial charge is 0.353 e. The molecule has 5 heteroatoms. The summed E-state index contributed by atoms with van der Waals surface area (Å²) in [4.78, 5) is 7.42. The molecule has 0 unspecified atom stereocenters. The number of fused-ring (bicyclic) bond motifs is 1. The molecular weight excluding hydrogens is 399 g/mol. The first kappa shape index (κ1) is 20.7. The van der Waals surface area contributed by atoms with Gasteiger partial charge in [-0.2, -0.15) is 0 Å². The van der Waals surface area contributed by atoms with Crippen molar-refractivity contribution >= 4 is 17.0 Å². The molecule has 164 valence electrons. The van der Waals surface area contributed by atoms with Crippen molar-refractivity contribution < 1.29 is 4.39 Å². The van der Waals surface area contributed by atoms with Gasteiger partial charge in [0, 0.05) is 25.7 Å². The van der Waals surface area contributed by atoms with Crippen LogP contribution in [0, 0.1) is 5.82 Å². The van der Waals surface area contributed by atoms with Crippen molar-refractivity contribution in [2.75, 3.05) is 25.0 Å². The lowest BCUT2D eigenvalue weighted by molar-refractivity contribution is 0.221. The molecule has 5 rings (SSSR count). The summed E-state index contributed by atoms with van der Waals surface area (Å²) in [6.07, 6.45) is 3.15. The maximum absolute atomic E-state index is 13.1. The first-order valence-electron chi connectivity index (χ1n) is 11.5. The van der Waals surface area contributed by atoms with E-state index in [-0.39, 0.29) is 5.82 Å². The van der Waals surface area contributed by atoms with Crippen molar-refractivity contribution in [3.05, 3.63) is 95.8 Å². The van der Waals surface area contributed by atoms with Crippen LogP contribution in [0.4, 0.5) is 10.3 Å². The smallest absolute Gasteiger partial charge is 0.204 e. The lowest BCUT2D eigenvalue weighted by atomic mass is 10.0. The second-order valence-electron chi connectivity index (χ2n) is 8.63. The molecule has 1 aliphatic rings. The monoisotopic (exact) mass is 428 g/mol. The number of rotatable bonds is 7. The van der Waals surface area contributed by atoms with Crippen LogP contribution < -0.4 is 5.32 Å². The highest BCUT2D eigenvalue weighted by Gasteiger charge is 2.21. The molecule has 0 spiro atoms. The Balaban J connectivity index is 1.22. The van der Waals surface area contributed by atoms with E-state index in [0.717, 1.165) is 62.4 Å². The van der Waals surface area contributed by atoms with Gasteiger partial charge in [-0.15, -0.1) is 0 Å². The zero-order chi connectivity index (χ0) is 21.8. The number of piperidine rings is 1. The fraction of sp³-hybridized carbons (Fsp3) is 0.296. The molecule has 1 N–H and O–H groups in total. The number of halogens is 1. The Morgan fingerprint density at radius 2 is 1.56 bits per heavy atom. The summed E-state index contributed by atoms with van der Waals surface area (Å²) >= 11 is 0. The van der Waals surface area contributed by atoms with Gasteiger partial charge in [0.25, 0.3) is 0 Å². The van der Waals surface area contributed by atoms with Gasteiger partial charge in [-0.1, -0.05) is 54.6 Å². The van der Waals surface area contributed by atoms with Crippen molar-refractivity contribution in [2.45, 2.75) is 31.8 Å². The van der Waals surface area contributed by atoms with E-state index < -0.39 is 0 Å². The van der Waals surface area contributed by atoms with E-state index in [4.69, 9.17) is 4.98 Å². The molecule has 1 fully saturated rings. The quantitative estimate of drug-likeness (QED) is 0.431. The standard InChI is InChI=1S/C27H29FN4/c28-23-12-10-21(11-13-23)14-17-31-18-15-24(16-19-31)29-27-30-25-8-4-5-9-26(25)32(27)20-22-6-2-1-3-7-22/h1-13,24H,14-20H2,(H,29,30). The van der Waals surface area contributed by atoms with Crippen LogP contribution in [0.3, 0.4) is 0 Å². The Morgan fingerprint density at radius 1 is 0.844 bits per heavy atom. The lowest BCUT2D eigenvalue weighted by Gasteiger charge is -2.32. The molecule has 3 aromatic carbocycles. The Hall–Kier alpha value is -3.18. The predicted octanol–water partition coefficient (Wildman–Crippen LogP) is 5.34. The highest BCUT2D eigenvalue weighted by molar-refractivity contribution is 5.78. The number of imidazole rings is 1. The predicted molar refractivity (Wildman–Crippen MR) is 128 cm³/mol. The molecular formula is C27H29FN4. The molecule has 0 atom stereocenters. The highest BCUT2D eigenvalue weighted by atomic mass is 19.1. The number of benzene rings is 3. The number of aromatic nitrogens is 2. The Labute approximate surface area is 188 Å². The number of para-hydroxylation sites is 2. The zero-order valence-corrected chi connectivity index (χ0v) is 18.3. The molecule has 1 saturated heterocycles. The average molecular weight is 429 g/mol. The third-order valence-corrected chi connectivity index (χ3v) is 6.39. The van der Waals surface area contributed by atoms with Gasteiger partial charge in [0.1, 0.15) is 5.82 Å². The number of hydrogen-bond acceptors (Lipinski definition) is 3. The van der Waals surface area contributed by atoms with Crippen molar-refractivity contribution in [2.24, 2.45) is 0 Å². The van der Waals surface area contributed by atoms with Crippen LogP contribution in [0.25, 0.3) is 11.0 Å². The van der Waals surface area contributed by atoms with Crippen LogP contribution in [0.5, 0.6) is 0 Å². The molecule has 4 nitrogen and oxygen atoms in total. The van der Waals surface area contributed by atoms with Gasteiger partial charge in [0.05, 0.1) is 17.6 Å². The summed E-state index contributed by atoms with van der Waals surface area (Å²) in [6, 6.07) is 26.2. The van der Waals surface area contributed by atoms with Gasteiger partial charge < -0.3 is 14.8 Å². The summed E-state index contributed by atoms with van der Waals surface area (Å²) in [7, 11) is 0. The third kappa shape index (κ3) is 4.83. The molecule has 0 saturated carbocycles. The van der Waals surface area contributed by atoms with Crippen molar-refractivity contribution in [1.29, 1.82) is 0 Å². The van der Waals surface area contributed by atoms with Crippen LogP contribution in [-0.4, -0.2) is 40.1 Å². The van der Waals surface area contributed by atoms with E-state index in [2.05, 4.69) is 63.3 Å². The molecule has 0 bridgehead atoms. The summed E-state index contributed by atoms with van der Waals surface area (Å²) in [5.41, 5.74) is 4.66. The van der Waals surface area contributed by atoms with E-state index in [9.17, 15) is 4.39 Å². The van der Waals surface area contributed by atoms with Crippen molar-refractivity contribution in [1.82, 2.24) is 14.5 Å². The molecule has 1 aliphatic heterocycles. The number of nitrogens with zero attached hydrogens (tertiary/aromatic N) is 3. The van der Waals surface area contributed by atoms with Crippen LogP contribution in [0.2, 0.25) is 0 Å². The number of nitrogens with one attached hydrogen (secondary N) is 1. The van der Waals surface area contributed by atoms with Gasteiger partial charge in [-0.3, -0.25) is 0 Å². The maximum Gasteiger partial charge on any atom is 0.204 e. The molecule has 32 heavy (non-hydrogen) atoms. The molecule has 4 aromatic rings. The zero-order valence-electron chi connectivity index (χ0n) is 18.3. The first-order chi connectivity index (χ1) is 15.7. The Kier molecular flexibility index (Phi) is 6.17. The van der Waals surface area contributed by atoms with E-state index in [1.807, 2.05) is 18.2 Å². The van der Waals surface area contributed by atoms with E-state index in [1.54, 1.807) is 12.1 Å². The Bertz CT molecular complexity index is 1150. The maximum atomic E-state index is 13.1. The van der Waals surface area contributed by atoms with Crippen LogP contribution >= 0.6 is 0 Å². The number of hydrogen-bond donors (Lipinski definition) is 1. The second-order valence-corrected chi connectivity index (χ2v) is 8.63. The third-order valence-electron chi connectivity index (χ3n) is 6.39.